The van der Waals surface area contributed by atoms with Gasteiger partial charge in [0, 0.05) is 19.6 Å². The van der Waals surface area contributed by atoms with Gasteiger partial charge >= 0.3 is 0 Å². The molecule has 1 atom stereocenters. The lowest BCUT2D eigenvalue weighted by atomic mass is 10.0. The number of hydrogen-bond acceptors (Lipinski definition) is 3. The van der Waals surface area contributed by atoms with Crippen molar-refractivity contribution in [3.05, 3.63) is 0 Å². The van der Waals surface area contributed by atoms with Crippen molar-refractivity contribution in [2.75, 3.05) is 46.8 Å². The van der Waals surface area contributed by atoms with E-state index >= 15 is 0 Å². The summed E-state index contributed by atoms with van der Waals surface area (Å²) in [4.78, 5) is 2.44. The second kappa shape index (κ2) is 10.4. The van der Waals surface area contributed by atoms with E-state index in [9.17, 15) is 0 Å². The highest BCUT2D eigenvalue weighted by Crippen LogP contribution is 2.08. The van der Waals surface area contributed by atoms with Crippen LogP contribution < -0.4 is 10.6 Å². The summed E-state index contributed by atoms with van der Waals surface area (Å²) in [7, 11) is 4.25. The molecule has 1 unspecified atom stereocenters. The number of hydrogen-bond donors (Lipinski definition) is 2. The molecule has 0 rings (SSSR count). The van der Waals surface area contributed by atoms with Gasteiger partial charge in [0.15, 0.2) is 0 Å². The maximum Gasteiger partial charge on any atom is 0.0104 e. The van der Waals surface area contributed by atoms with E-state index in [1.54, 1.807) is 0 Å². The predicted octanol–water partition coefficient (Wildman–Crippen LogP) is 1.16. The Morgan fingerprint density at radius 1 is 1.20 bits per heavy atom. The Bertz CT molecular complexity index is 128. The summed E-state index contributed by atoms with van der Waals surface area (Å²) >= 11 is 0. The normalized spacial score (nSPS) is 13.4. The summed E-state index contributed by atoms with van der Waals surface area (Å²) in [6, 6.07) is 0. The van der Waals surface area contributed by atoms with Gasteiger partial charge in [-0.3, -0.25) is 0 Å². The molecule has 15 heavy (non-hydrogen) atoms. The van der Waals surface area contributed by atoms with Crippen LogP contribution in [-0.2, 0) is 0 Å². The van der Waals surface area contributed by atoms with Crippen molar-refractivity contribution < 1.29 is 0 Å². The van der Waals surface area contributed by atoms with Crippen molar-refractivity contribution in [1.82, 2.24) is 15.5 Å². The Kier molecular flexibility index (Phi) is 10.3. The van der Waals surface area contributed by atoms with Gasteiger partial charge in [-0.15, -0.1) is 0 Å². The van der Waals surface area contributed by atoms with Crippen molar-refractivity contribution >= 4 is 0 Å². The first-order valence-electron chi connectivity index (χ1n) is 6.28. The molecule has 0 heterocycles. The molecule has 0 aliphatic carbocycles. The van der Waals surface area contributed by atoms with E-state index in [0.717, 1.165) is 32.1 Å². The third-order valence-electron chi connectivity index (χ3n) is 2.87. The van der Waals surface area contributed by atoms with Crippen LogP contribution >= 0.6 is 0 Å². The second-order valence-corrected chi connectivity index (χ2v) is 4.28. The number of likely N-dealkylation sites (N-methyl/N-ethyl adjacent to an activating group) is 2. The minimum atomic E-state index is 0.837. The number of nitrogens with one attached hydrogen (secondary N) is 2. The number of rotatable bonds is 10. The van der Waals surface area contributed by atoms with E-state index in [1.165, 1.54) is 19.4 Å². The summed E-state index contributed by atoms with van der Waals surface area (Å²) in [6.07, 6.45) is 2.58. The molecule has 0 amide bonds. The molecule has 92 valence electrons. The van der Waals surface area contributed by atoms with Crippen LogP contribution in [0.25, 0.3) is 0 Å². The van der Waals surface area contributed by atoms with E-state index in [-0.39, 0.29) is 0 Å². The van der Waals surface area contributed by atoms with Crippen LogP contribution in [0, 0.1) is 5.92 Å². The Morgan fingerprint density at radius 3 is 2.47 bits per heavy atom. The quantitative estimate of drug-likeness (QED) is 0.536. The standard InChI is InChI=1S/C12H29N3/c1-5-12(7-8-13-3)11-15(4)10-9-14-6-2/h12-14H,5-11H2,1-4H3. The highest BCUT2D eigenvalue weighted by Gasteiger charge is 2.08. The monoisotopic (exact) mass is 215 g/mol. The highest BCUT2D eigenvalue weighted by molar-refractivity contribution is 4.64. The minimum absolute atomic E-state index is 0.837. The van der Waals surface area contributed by atoms with Gasteiger partial charge in [0.25, 0.3) is 0 Å². The molecule has 0 aliphatic heterocycles. The fourth-order valence-corrected chi connectivity index (χ4v) is 1.75. The first-order chi connectivity index (χ1) is 7.24. The Morgan fingerprint density at radius 2 is 1.93 bits per heavy atom. The Labute approximate surface area is 95.6 Å². The summed E-state index contributed by atoms with van der Waals surface area (Å²) in [5.74, 6) is 0.837. The predicted molar refractivity (Wildman–Crippen MR) is 68.4 cm³/mol. The van der Waals surface area contributed by atoms with Gasteiger partial charge in [-0.05, 0) is 39.5 Å². The van der Waals surface area contributed by atoms with Gasteiger partial charge in [-0.1, -0.05) is 20.3 Å². The smallest absolute Gasteiger partial charge is 0.0104 e. The molecule has 3 nitrogen and oxygen atoms in total. The second-order valence-electron chi connectivity index (χ2n) is 4.28. The Hall–Kier alpha value is -0.120. The van der Waals surface area contributed by atoms with Crippen LogP contribution in [0.5, 0.6) is 0 Å². The molecular weight excluding hydrogens is 186 g/mol. The maximum atomic E-state index is 3.36. The molecule has 0 aromatic rings. The van der Waals surface area contributed by atoms with Crippen LogP contribution in [0.1, 0.15) is 26.7 Å². The number of nitrogens with zero attached hydrogens (tertiary/aromatic N) is 1. The zero-order chi connectivity index (χ0) is 11.5. The first-order valence-corrected chi connectivity index (χ1v) is 6.28. The van der Waals surface area contributed by atoms with Gasteiger partial charge in [0.05, 0.1) is 0 Å². The van der Waals surface area contributed by atoms with E-state index in [0.29, 0.717) is 0 Å². The molecule has 0 spiro atoms. The van der Waals surface area contributed by atoms with Crippen molar-refractivity contribution in [3.8, 4) is 0 Å². The lowest BCUT2D eigenvalue weighted by Gasteiger charge is -2.23. The fraction of sp³-hybridized carbons (Fsp3) is 1.00. The molecule has 0 saturated heterocycles. The van der Waals surface area contributed by atoms with Crippen molar-refractivity contribution in [1.29, 1.82) is 0 Å². The van der Waals surface area contributed by atoms with Crippen LogP contribution in [0.15, 0.2) is 0 Å². The lowest BCUT2D eigenvalue weighted by Crippen LogP contribution is -2.33. The van der Waals surface area contributed by atoms with Gasteiger partial charge in [0.2, 0.25) is 0 Å². The van der Waals surface area contributed by atoms with Crippen molar-refractivity contribution in [2.45, 2.75) is 26.7 Å². The first kappa shape index (κ1) is 14.9. The average molecular weight is 215 g/mol. The lowest BCUT2D eigenvalue weighted by molar-refractivity contribution is 0.262. The van der Waals surface area contributed by atoms with E-state index in [2.05, 4.69) is 36.4 Å². The largest absolute Gasteiger partial charge is 0.320 e. The zero-order valence-corrected chi connectivity index (χ0v) is 11.0. The minimum Gasteiger partial charge on any atom is -0.320 e. The molecule has 0 aromatic heterocycles. The molecule has 0 aromatic carbocycles. The van der Waals surface area contributed by atoms with E-state index in [1.807, 2.05) is 7.05 Å². The third-order valence-corrected chi connectivity index (χ3v) is 2.87. The summed E-state index contributed by atoms with van der Waals surface area (Å²) < 4.78 is 0. The van der Waals surface area contributed by atoms with Crippen molar-refractivity contribution in [2.24, 2.45) is 5.92 Å². The molecule has 0 fully saturated rings. The zero-order valence-electron chi connectivity index (χ0n) is 11.0. The SMILES string of the molecule is CCNCCN(C)CC(CC)CCNC. The summed E-state index contributed by atoms with van der Waals surface area (Å²) in [5, 5.41) is 6.59. The van der Waals surface area contributed by atoms with E-state index < -0.39 is 0 Å². The topological polar surface area (TPSA) is 27.3 Å². The molecule has 0 bridgehead atoms. The summed E-state index contributed by atoms with van der Waals surface area (Å²) in [6.45, 7) is 10.1. The maximum absolute atomic E-state index is 3.36. The fourth-order valence-electron chi connectivity index (χ4n) is 1.75. The van der Waals surface area contributed by atoms with Crippen LogP contribution in [-0.4, -0.2) is 51.7 Å². The van der Waals surface area contributed by atoms with Crippen LogP contribution in [0.2, 0.25) is 0 Å². The van der Waals surface area contributed by atoms with Crippen LogP contribution in [0.4, 0.5) is 0 Å². The van der Waals surface area contributed by atoms with Gasteiger partial charge < -0.3 is 15.5 Å². The van der Waals surface area contributed by atoms with E-state index in [4.69, 9.17) is 0 Å². The molecular formula is C12H29N3. The summed E-state index contributed by atoms with van der Waals surface area (Å²) in [5.41, 5.74) is 0. The molecule has 3 heteroatoms. The third kappa shape index (κ3) is 8.85. The molecule has 0 aliphatic rings. The highest BCUT2D eigenvalue weighted by atomic mass is 15.1. The van der Waals surface area contributed by atoms with Crippen LogP contribution in [0.3, 0.4) is 0 Å². The van der Waals surface area contributed by atoms with Gasteiger partial charge in [-0.2, -0.15) is 0 Å². The van der Waals surface area contributed by atoms with Gasteiger partial charge in [-0.25, -0.2) is 0 Å². The molecule has 2 N–H and O–H groups in total. The average Bonchev–Trinajstić information content (AvgIpc) is 2.24. The molecule has 0 radical (unpaired) electrons. The molecule has 0 saturated carbocycles. The van der Waals surface area contributed by atoms with Crippen molar-refractivity contribution in [3.63, 3.8) is 0 Å². The van der Waals surface area contributed by atoms with Gasteiger partial charge in [0.1, 0.15) is 0 Å². The Balaban J connectivity index is 3.55.